The highest BCUT2D eigenvalue weighted by atomic mass is 35.5. The van der Waals surface area contributed by atoms with Crippen LogP contribution >= 0.6 is 23.2 Å². The molecule has 1 aliphatic heterocycles. The smallest absolute Gasteiger partial charge is 0.198 e. The molecule has 3 aromatic rings. The molecule has 0 unspecified atom stereocenters. The van der Waals surface area contributed by atoms with E-state index < -0.39 is 11.6 Å². The number of aryl methyl sites for hydroxylation is 1. The number of aromatic hydroxyl groups is 1. The fourth-order valence-corrected chi connectivity index (χ4v) is 3.91. The number of aromatic nitrogens is 2. The molecular formula is C20H15Cl2FN2O2. The van der Waals surface area contributed by atoms with Crippen LogP contribution in [0.15, 0.2) is 36.4 Å². The molecule has 0 amide bonds. The lowest BCUT2D eigenvalue weighted by Gasteiger charge is -2.12. The van der Waals surface area contributed by atoms with Crippen molar-refractivity contribution in [1.29, 1.82) is 0 Å². The number of carbonyl (C=O) groups is 1. The van der Waals surface area contributed by atoms with Crippen LogP contribution in [0.2, 0.25) is 10.0 Å². The standard InChI is InChI=1S/C20H15Cl2FN2O2/c21-14-10-15(23)13(19-18(22)16-6-3-4-8-25(16)24-19)9-12(14)20(27)11-5-1-2-7-17(11)26/h1-2,5,7,9-10,26H,3-4,6,8H2. The number of carbonyl (C=O) groups excluding carboxylic acids is 1. The molecule has 4 rings (SSSR count). The van der Waals surface area contributed by atoms with Gasteiger partial charge in [0.1, 0.15) is 17.3 Å². The molecule has 0 atom stereocenters. The zero-order valence-electron chi connectivity index (χ0n) is 14.2. The minimum atomic E-state index is -0.605. The van der Waals surface area contributed by atoms with Gasteiger partial charge in [0.25, 0.3) is 0 Å². The van der Waals surface area contributed by atoms with Crippen LogP contribution in [-0.2, 0) is 13.0 Å². The molecule has 2 aromatic carbocycles. The Morgan fingerprint density at radius 2 is 1.93 bits per heavy atom. The third-order valence-corrected chi connectivity index (χ3v) is 5.44. The Hall–Kier alpha value is -2.37. The molecule has 7 heteroatoms. The third kappa shape index (κ3) is 3.11. The van der Waals surface area contributed by atoms with Crippen molar-refractivity contribution in [2.45, 2.75) is 25.8 Å². The number of para-hydroxylation sites is 1. The minimum Gasteiger partial charge on any atom is -0.507 e. The van der Waals surface area contributed by atoms with Crippen LogP contribution in [0.5, 0.6) is 5.75 Å². The van der Waals surface area contributed by atoms with E-state index in [1.54, 1.807) is 16.8 Å². The van der Waals surface area contributed by atoms with E-state index in [0.29, 0.717) is 10.7 Å². The third-order valence-electron chi connectivity index (χ3n) is 4.73. The average molecular weight is 405 g/mol. The molecule has 138 valence electrons. The number of phenols is 1. The molecule has 0 saturated heterocycles. The molecule has 1 aliphatic rings. The van der Waals surface area contributed by atoms with Crippen molar-refractivity contribution in [3.05, 3.63) is 69.1 Å². The van der Waals surface area contributed by atoms with E-state index in [-0.39, 0.29) is 27.5 Å². The number of rotatable bonds is 3. The van der Waals surface area contributed by atoms with Crippen molar-refractivity contribution in [3.8, 4) is 17.0 Å². The Morgan fingerprint density at radius 3 is 2.67 bits per heavy atom. The van der Waals surface area contributed by atoms with E-state index in [2.05, 4.69) is 5.10 Å². The molecular weight excluding hydrogens is 390 g/mol. The maximum absolute atomic E-state index is 14.7. The largest absolute Gasteiger partial charge is 0.507 e. The number of fused-ring (bicyclic) bond motifs is 1. The first-order valence-corrected chi connectivity index (χ1v) is 9.30. The Kier molecular flexibility index (Phi) is 4.66. The second-order valence-corrected chi connectivity index (χ2v) is 7.23. The maximum Gasteiger partial charge on any atom is 0.198 e. The molecule has 2 heterocycles. The molecule has 0 bridgehead atoms. The van der Waals surface area contributed by atoms with Crippen molar-refractivity contribution in [3.63, 3.8) is 0 Å². The molecule has 1 aromatic heterocycles. The molecule has 0 fully saturated rings. The van der Waals surface area contributed by atoms with E-state index in [4.69, 9.17) is 23.2 Å². The van der Waals surface area contributed by atoms with Gasteiger partial charge in [-0.3, -0.25) is 9.48 Å². The first kappa shape index (κ1) is 18.0. The van der Waals surface area contributed by atoms with Gasteiger partial charge in [0, 0.05) is 17.7 Å². The summed E-state index contributed by atoms with van der Waals surface area (Å²) in [6, 6.07) is 8.57. The quantitative estimate of drug-likeness (QED) is 0.604. The summed E-state index contributed by atoms with van der Waals surface area (Å²) in [5.74, 6) is -1.27. The van der Waals surface area contributed by atoms with E-state index in [1.165, 1.54) is 18.2 Å². The van der Waals surface area contributed by atoms with Gasteiger partial charge in [-0.15, -0.1) is 0 Å². The van der Waals surface area contributed by atoms with Crippen LogP contribution in [0.4, 0.5) is 4.39 Å². The summed E-state index contributed by atoms with van der Waals surface area (Å²) in [6.45, 7) is 0.730. The van der Waals surface area contributed by atoms with Gasteiger partial charge in [-0.25, -0.2) is 4.39 Å². The highest BCUT2D eigenvalue weighted by Crippen LogP contribution is 2.37. The van der Waals surface area contributed by atoms with Gasteiger partial charge in [-0.2, -0.15) is 5.10 Å². The van der Waals surface area contributed by atoms with Crippen molar-refractivity contribution < 1.29 is 14.3 Å². The Morgan fingerprint density at radius 1 is 1.15 bits per heavy atom. The monoisotopic (exact) mass is 404 g/mol. The predicted octanol–water partition coefficient (Wildman–Crippen LogP) is 5.27. The van der Waals surface area contributed by atoms with Crippen LogP contribution in [0, 0.1) is 5.82 Å². The lowest BCUT2D eigenvalue weighted by molar-refractivity contribution is 0.103. The van der Waals surface area contributed by atoms with Crippen molar-refractivity contribution in [2.75, 3.05) is 0 Å². The number of ketones is 1. The van der Waals surface area contributed by atoms with Gasteiger partial charge in [-0.1, -0.05) is 35.3 Å². The summed E-state index contributed by atoms with van der Waals surface area (Å²) >= 11 is 12.6. The van der Waals surface area contributed by atoms with Crippen LogP contribution in [0.25, 0.3) is 11.3 Å². The normalized spacial score (nSPS) is 13.4. The zero-order valence-corrected chi connectivity index (χ0v) is 15.7. The topological polar surface area (TPSA) is 55.1 Å². The van der Waals surface area contributed by atoms with Crippen LogP contribution in [-0.4, -0.2) is 20.7 Å². The second kappa shape index (κ2) is 6.98. The highest BCUT2D eigenvalue weighted by Gasteiger charge is 2.25. The summed E-state index contributed by atoms with van der Waals surface area (Å²) in [6.07, 6.45) is 2.78. The molecule has 0 aliphatic carbocycles. The number of benzene rings is 2. The number of hydrogen-bond acceptors (Lipinski definition) is 3. The maximum atomic E-state index is 14.7. The average Bonchev–Trinajstić information content (AvgIpc) is 2.99. The SMILES string of the molecule is O=C(c1ccccc1O)c1cc(-c2nn3c(c2Cl)CCCC3)c(F)cc1Cl. The van der Waals surface area contributed by atoms with E-state index in [9.17, 15) is 14.3 Å². The van der Waals surface area contributed by atoms with E-state index in [0.717, 1.165) is 37.6 Å². The molecule has 0 spiro atoms. The van der Waals surface area contributed by atoms with Crippen molar-refractivity contribution in [1.82, 2.24) is 9.78 Å². The Bertz CT molecular complexity index is 1060. The van der Waals surface area contributed by atoms with Crippen LogP contribution in [0.3, 0.4) is 0 Å². The number of nitrogens with zero attached hydrogens (tertiary/aromatic N) is 2. The van der Waals surface area contributed by atoms with Crippen molar-refractivity contribution >= 4 is 29.0 Å². The van der Waals surface area contributed by atoms with Gasteiger partial charge in [0.15, 0.2) is 5.78 Å². The number of hydrogen-bond donors (Lipinski definition) is 1. The molecule has 0 saturated carbocycles. The van der Waals surface area contributed by atoms with Crippen LogP contribution in [0.1, 0.15) is 34.5 Å². The van der Waals surface area contributed by atoms with Gasteiger partial charge in [0.2, 0.25) is 0 Å². The summed E-state index contributed by atoms with van der Waals surface area (Å²) in [5, 5.41) is 14.8. The Balaban J connectivity index is 1.85. The van der Waals surface area contributed by atoms with Gasteiger partial charge >= 0.3 is 0 Å². The summed E-state index contributed by atoms with van der Waals surface area (Å²) in [7, 11) is 0. The molecule has 0 radical (unpaired) electrons. The summed E-state index contributed by atoms with van der Waals surface area (Å²) in [4.78, 5) is 12.8. The second-order valence-electron chi connectivity index (χ2n) is 6.45. The highest BCUT2D eigenvalue weighted by molar-refractivity contribution is 6.36. The first-order chi connectivity index (χ1) is 13.0. The van der Waals surface area contributed by atoms with Gasteiger partial charge < -0.3 is 5.11 Å². The summed E-state index contributed by atoms with van der Waals surface area (Å²) in [5.41, 5.74) is 1.46. The zero-order chi connectivity index (χ0) is 19.1. The number of halogens is 3. The van der Waals surface area contributed by atoms with E-state index >= 15 is 0 Å². The predicted molar refractivity (Wildman–Crippen MR) is 102 cm³/mol. The minimum absolute atomic E-state index is 0.0374. The molecule has 4 nitrogen and oxygen atoms in total. The Labute approximate surface area is 165 Å². The lowest BCUT2D eigenvalue weighted by atomic mass is 9.99. The molecule has 1 N–H and O–H groups in total. The fourth-order valence-electron chi connectivity index (χ4n) is 3.34. The number of phenolic OH excluding ortho intramolecular Hbond substituents is 1. The lowest BCUT2D eigenvalue weighted by Crippen LogP contribution is -2.10. The van der Waals surface area contributed by atoms with E-state index in [1.807, 2.05) is 0 Å². The first-order valence-electron chi connectivity index (χ1n) is 8.54. The van der Waals surface area contributed by atoms with Crippen molar-refractivity contribution in [2.24, 2.45) is 0 Å². The van der Waals surface area contributed by atoms with Gasteiger partial charge in [-0.05, 0) is 43.5 Å². The fraction of sp³-hybridized carbons (Fsp3) is 0.200. The van der Waals surface area contributed by atoms with Gasteiger partial charge in [0.05, 0.1) is 21.3 Å². The van der Waals surface area contributed by atoms with Crippen LogP contribution < -0.4 is 0 Å². The molecule has 27 heavy (non-hydrogen) atoms. The summed E-state index contributed by atoms with van der Waals surface area (Å²) < 4.78 is 16.4.